The Morgan fingerprint density at radius 2 is 1.74 bits per heavy atom. The minimum absolute atomic E-state index is 0.136. The van der Waals surface area contributed by atoms with Crippen molar-refractivity contribution in [1.29, 1.82) is 0 Å². The van der Waals surface area contributed by atoms with Crippen molar-refractivity contribution in [2.24, 2.45) is 0 Å². The van der Waals surface area contributed by atoms with Gasteiger partial charge in [0.05, 0.1) is 12.2 Å². The third-order valence-corrected chi connectivity index (χ3v) is 6.56. The summed E-state index contributed by atoms with van der Waals surface area (Å²) in [6.45, 7) is 6.21. The van der Waals surface area contributed by atoms with Gasteiger partial charge in [0.1, 0.15) is 10.8 Å². The monoisotopic (exact) mass is 548 g/mol. The number of hydrogen-bond acceptors (Lipinski definition) is 7. The zero-order valence-corrected chi connectivity index (χ0v) is 21.9. The van der Waals surface area contributed by atoms with Crippen LogP contribution in [0, 0.1) is 18.7 Å². The number of carbonyl (C=O) groups excluding carboxylic acids is 1. The molecule has 0 aromatic carbocycles. The van der Waals surface area contributed by atoms with Crippen molar-refractivity contribution in [2.45, 2.75) is 63.4 Å². The normalized spacial score (nSPS) is 17.0. The topological polar surface area (TPSA) is 83.9 Å². The summed E-state index contributed by atoms with van der Waals surface area (Å²) in [4.78, 5) is 27.8. The van der Waals surface area contributed by atoms with Crippen LogP contribution in [0.3, 0.4) is 0 Å². The highest BCUT2D eigenvalue weighted by Gasteiger charge is 2.37. The van der Waals surface area contributed by atoms with Crippen LogP contribution in [-0.4, -0.2) is 42.2 Å². The maximum atomic E-state index is 13.1. The number of aromatic nitrogens is 4. The van der Waals surface area contributed by atoms with Gasteiger partial charge in [0.25, 0.3) is 0 Å². The molecule has 0 saturated carbocycles. The van der Waals surface area contributed by atoms with E-state index >= 15 is 0 Å². The lowest BCUT2D eigenvalue weighted by Crippen LogP contribution is -2.41. The van der Waals surface area contributed by atoms with Gasteiger partial charge in [-0.25, -0.2) is 23.6 Å². The first-order chi connectivity index (χ1) is 18.2. The second-order valence-electron chi connectivity index (χ2n) is 7.80. The second kappa shape index (κ2) is 14.4. The van der Waals surface area contributed by atoms with E-state index in [0.717, 1.165) is 25.0 Å². The fourth-order valence-corrected chi connectivity index (χ4v) is 4.62. The molecule has 0 aliphatic carbocycles. The smallest absolute Gasteiger partial charge is 0.351 e. The Morgan fingerprint density at radius 3 is 2.34 bits per heavy atom. The largest absolute Gasteiger partial charge is 0.451 e. The highest BCUT2D eigenvalue weighted by atomic mass is 32.2. The fourth-order valence-electron chi connectivity index (χ4n) is 3.56. The molecule has 12 heteroatoms. The lowest BCUT2D eigenvalue weighted by atomic mass is 10.1. The number of pyridine rings is 2. The maximum Gasteiger partial charge on any atom is 0.451 e. The fraction of sp³-hybridized carbons (Fsp3) is 0.346. The first-order valence-electron chi connectivity index (χ1n) is 11.7. The lowest BCUT2D eigenvalue weighted by Gasteiger charge is -2.25. The van der Waals surface area contributed by atoms with E-state index in [0.29, 0.717) is 28.1 Å². The van der Waals surface area contributed by atoms with Crippen LogP contribution in [0.15, 0.2) is 54.2 Å². The van der Waals surface area contributed by atoms with Gasteiger partial charge < -0.3 is 5.32 Å². The first-order valence-corrected chi connectivity index (χ1v) is 12.5. The third kappa shape index (κ3) is 8.22. The minimum Gasteiger partial charge on any atom is -0.351 e. The summed E-state index contributed by atoms with van der Waals surface area (Å²) in [5, 5.41) is 3.50. The lowest BCUT2D eigenvalue weighted by molar-refractivity contribution is -0.145. The van der Waals surface area contributed by atoms with Crippen molar-refractivity contribution in [3.63, 3.8) is 0 Å². The average molecular weight is 549 g/mol. The van der Waals surface area contributed by atoms with E-state index in [9.17, 15) is 22.4 Å². The van der Waals surface area contributed by atoms with E-state index < -0.39 is 17.8 Å². The average Bonchev–Trinajstić information content (AvgIpc) is 3.30. The summed E-state index contributed by atoms with van der Waals surface area (Å²) in [5.41, 5.74) is 1.60. The summed E-state index contributed by atoms with van der Waals surface area (Å²) in [6.07, 6.45) is 11.3. The van der Waals surface area contributed by atoms with Gasteiger partial charge in [-0.3, -0.25) is 9.78 Å². The molecule has 1 aliphatic rings. The Balaban J connectivity index is 0.00000121. The molecular formula is C26H28F4N6OS. The molecule has 0 spiro atoms. The zero-order chi connectivity index (χ0) is 28.3. The summed E-state index contributed by atoms with van der Waals surface area (Å²) < 4.78 is 53.1. The van der Waals surface area contributed by atoms with Crippen LogP contribution in [0.1, 0.15) is 45.0 Å². The van der Waals surface area contributed by atoms with E-state index in [2.05, 4.69) is 38.1 Å². The summed E-state index contributed by atoms with van der Waals surface area (Å²) in [6, 6.07) is 4.36. The van der Waals surface area contributed by atoms with E-state index in [4.69, 9.17) is 0 Å². The molecule has 4 heterocycles. The summed E-state index contributed by atoms with van der Waals surface area (Å²) in [5.74, 6) is -1.80. The van der Waals surface area contributed by atoms with Crippen LogP contribution in [0.5, 0.6) is 0 Å². The summed E-state index contributed by atoms with van der Waals surface area (Å²) in [7, 11) is 0. The predicted molar refractivity (Wildman–Crippen MR) is 138 cm³/mol. The predicted octanol–water partition coefficient (Wildman–Crippen LogP) is 5.54. The number of alkyl halides is 3. The molecule has 4 rings (SSSR count). The van der Waals surface area contributed by atoms with Gasteiger partial charge >= 0.3 is 6.18 Å². The summed E-state index contributed by atoms with van der Waals surface area (Å²) >= 11 is 1.32. The quantitative estimate of drug-likeness (QED) is 0.246. The van der Waals surface area contributed by atoms with Crippen LogP contribution in [0.2, 0.25) is 0 Å². The second-order valence-corrected chi connectivity index (χ2v) is 8.82. The Morgan fingerprint density at radius 1 is 1.05 bits per heavy atom. The van der Waals surface area contributed by atoms with Gasteiger partial charge in [0.2, 0.25) is 11.7 Å². The number of carbonyl (C=O) groups is 1. The SMILES string of the molecule is C#C.CC.C[C@H]1CC[C@@H](C(=O)NCc2cncc(-c3cnc(C(F)(F)F)nc3)c2)N1Sc1ccc(F)cn1. The molecule has 0 unspecified atom stereocenters. The van der Waals surface area contributed by atoms with E-state index in [1.807, 2.05) is 25.1 Å². The Hall–Kier alpha value is -3.56. The maximum absolute atomic E-state index is 13.1. The Labute approximate surface area is 223 Å². The molecule has 1 saturated heterocycles. The first kappa shape index (κ1) is 30.7. The van der Waals surface area contributed by atoms with Crippen molar-refractivity contribution in [1.82, 2.24) is 29.6 Å². The molecule has 0 radical (unpaired) electrons. The molecule has 3 aromatic heterocycles. The van der Waals surface area contributed by atoms with Crippen molar-refractivity contribution in [3.8, 4) is 24.0 Å². The highest BCUT2D eigenvalue weighted by Crippen LogP contribution is 2.34. The van der Waals surface area contributed by atoms with Crippen LogP contribution >= 0.6 is 11.9 Å². The molecule has 1 aliphatic heterocycles. The molecule has 202 valence electrons. The number of terminal acetylenes is 1. The van der Waals surface area contributed by atoms with Gasteiger partial charge in [-0.1, -0.05) is 13.8 Å². The van der Waals surface area contributed by atoms with E-state index in [1.165, 1.54) is 24.2 Å². The third-order valence-electron chi connectivity index (χ3n) is 5.30. The molecule has 7 nitrogen and oxygen atoms in total. The van der Waals surface area contributed by atoms with E-state index in [1.54, 1.807) is 18.3 Å². The number of halogens is 4. The molecule has 38 heavy (non-hydrogen) atoms. The number of hydrogen-bond donors (Lipinski definition) is 1. The van der Waals surface area contributed by atoms with Crippen molar-refractivity contribution in [2.75, 3.05) is 0 Å². The highest BCUT2D eigenvalue weighted by molar-refractivity contribution is 7.97. The van der Waals surface area contributed by atoms with Crippen LogP contribution in [0.4, 0.5) is 17.6 Å². The molecule has 1 amide bonds. The van der Waals surface area contributed by atoms with Gasteiger partial charge in [0.15, 0.2) is 0 Å². The molecule has 1 N–H and O–H groups in total. The number of amides is 1. The van der Waals surface area contributed by atoms with Crippen molar-refractivity contribution in [3.05, 3.63) is 66.4 Å². The van der Waals surface area contributed by atoms with Gasteiger partial charge in [-0.05, 0) is 55.5 Å². The van der Waals surface area contributed by atoms with Crippen LogP contribution in [-0.2, 0) is 17.5 Å². The molecule has 1 fully saturated rings. The minimum atomic E-state index is -4.61. The molecule has 0 bridgehead atoms. The van der Waals surface area contributed by atoms with Gasteiger partial charge in [-0.2, -0.15) is 13.2 Å². The Bertz CT molecular complexity index is 1190. The molecular weight excluding hydrogens is 520 g/mol. The Kier molecular flexibility index (Phi) is 11.6. The standard InChI is InChI=1S/C22H20F4N6OS.C2H6.C2H2/c1-13-2-4-18(32(13)34-19-5-3-17(23)12-28-19)20(33)29-8-14-6-15(9-27-7-14)16-10-30-21(31-11-16)22(24,25)26;2*1-2/h3,5-7,9-13,18H,2,4,8H2,1H3,(H,29,33);1-2H3;1-2H/t13-,18-;;/m0../s1. The van der Waals surface area contributed by atoms with Gasteiger partial charge in [0, 0.05) is 48.5 Å². The van der Waals surface area contributed by atoms with Gasteiger partial charge in [-0.15, -0.1) is 12.8 Å². The number of nitrogens with zero attached hydrogens (tertiary/aromatic N) is 5. The van der Waals surface area contributed by atoms with Crippen LogP contribution < -0.4 is 5.32 Å². The number of nitrogens with one attached hydrogen (secondary N) is 1. The molecule has 2 atom stereocenters. The van der Waals surface area contributed by atoms with E-state index in [-0.39, 0.29) is 24.5 Å². The van der Waals surface area contributed by atoms with Crippen LogP contribution in [0.25, 0.3) is 11.1 Å². The zero-order valence-electron chi connectivity index (χ0n) is 21.1. The van der Waals surface area contributed by atoms with Crippen molar-refractivity contribution >= 4 is 17.9 Å². The van der Waals surface area contributed by atoms with Crippen molar-refractivity contribution < 1.29 is 22.4 Å². The number of rotatable bonds is 6. The molecule has 3 aromatic rings.